The lowest BCUT2D eigenvalue weighted by Gasteiger charge is -2.12. The van der Waals surface area contributed by atoms with Gasteiger partial charge in [0.25, 0.3) is 6.29 Å². The van der Waals surface area contributed by atoms with Crippen molar-refractivity contribution < 1.29 is 19.1 Å². The first-order valence-corrected chi connectivity index (χ1v) is 4.21. The zero-order valence-corrected chi connectivity index (χ0v) is 7.70. The highest BCUT2D eigenvalue weighted by atomic mass is 16.7. The summed E-state index contributed by atoms with van der Waals surface area (Å²) >= 11 is 0. The van der Waals surface area contributed by atoms with Gasteiger partial charge in [0.15, 0.2) is 0 Å². The Morgan fingerprint density at radius 2 is 2.38 bits per heavy atom. The van der Waals surface area contributed by atoms with E-state index in [9.17, 15) is 9.59 Å². The molecule has 0 saturated heterocycles. The summed E-state index contributed by atoms with van der Waals surface area (Å²) in [6, 6.07) is 0. The summed E-state index contributed by atoms with van der Waals surface area (Å²) in [6.45, 7) is 3.27. The highest BCUT2D eigenvalue weighted by Crippen LogP contribution is 2.21. The Bertz CT molecular complexity index is 254. The van der Waals surface area contributed by atoms with Crippen LogP contribution in [0.15, 0.2) is 11.6 Å². The van der Waals surface area contributed by atoms with Gasteiger partial charge in [-0.1, -0.05) is 13.3 Å². The lowest BCUT2D eigenvalue weighted by atomic mass is 10.1. The van der Waals surface area contributed by atoms with Gasteiger partial charge in [0, 0.05) is 18.6 Å². The second-order valence-corrected chi connectivity index (χ2v) is 2.85. The van der Waals surface area contributed by atoms with Crippen LogP contribution < -0.4 is 0 Å². The molecule has 0 radical (unpaired) electrons. The molecule has 4 heteroatoms. The van der Waals surface area contributed by atoms with E-state index in [1.165, 1.54) is 13.0 Å². The van der Waals surface area contributed by atoms with Gasteiger partial charge in [-0.15, -0.1) is 0 Å². The minimum Gasteiger partial charge on any atom is -0.421 e. The topological polar surface area (TPSA) is 52.6 Å². The Balaban J connectivity index is 2.60. The lowest BCUT2D eigenvalue weighted by molar-refractivity contribution is -0.172. The molecule has 1 rings (SSSR count). The van der Waals surface area contributed by atoms with Gasteiger partial charge in [-0.3, -0.25) is 4.79 Å². The van der Waals surface area contributed by atoms with Gasteiger partial charge in [-0.2, -0.15) is 0 Å². The molecular formula is C9H12O4. The molecule has 0 spiro atoms. The Morgan fingerprint density at radius 3 is 2.92 bits per heavy atom. The first kappa shape index (κ1) is 9.77. The van der Waals surface area contributed by atoms with E-state index in [1.54, 1.807) is 0 Å². The SMILES string of the molecule is CCCC1=CC(=O)OC1OC(C)=O. The van der Waals surface area contributed by atoms with Gasteiger partial charge in [-0.05, 0) is 6.42 Å². The van der Waals surface area contributed by atoms with Crippen LogP contribution in [0, 0.1) is 0 Å². The van der Waals surface area contributed by atoms with Crippen molar-refractivity contribution in [2.75, 3.05) is 0 Å². The fourth-order valence-corrected chi connectivity index (χ4v) is 1.16. The van der Waals surface area contributed by atoms with Gasteiger partial charge < -0.3 is 9.47 Å². The number of rotatable bonds is 3. The molecule has 0 saturated carbocycles. The summed E-state index contributed by atoms with van der Waals surface area (Å²) in [5.74, 6) is -0.878. The smallest absolute Gasteiger partial charge is 0.334 e. The van der Waals surface area contributed by atoms with Crippen molar-refractivity contribution in [1.29, 1.82) is 0 Å². The predicted molar refractivity (Wildman–Crippen MR) is 44.6 cm³/mol. The van der Waals surface area contributed by atoms with Crippen LogP contribution in [0.5, 0.6) is 0 Å². The molecule has 0 fully saturated rings. The molecular weight excluding hydrogens is 172 g/mol. The van der Waals surface area contributed by atoms with Crippen LogP contribution in [0.25, 0.3) is 0 Å². The van der Waals surface area contributed by atoms with Crippen LogP contribution in [-0.4, -0.2) is 18.2 Å². The van der Waals surface area contributed by atoms with Crippen LogP contribution in [0.3, 0.4) is 0 Å². The van der Waals surface area contributed by atoms with Gasteiger partial charge in [-0.25, -0.2) is 4.79 Å². The molecule has 1 heterocycles. The number of ether oxygens (including phenoxy) is 2. The van der Waals surface area contributed by atoms with Crippen molar-refractivity contribution in [2.45, 2.75) is 33.0 Å². The Labute approximate surface area is 76.5 Å². The number of hydrogen-bond acceptors (Lipinski definition) is 4. The van der Waals surface area contributed by atoms with Crippen LogP contribution >= 0.6 is 0 Å². The van der Waals surface area contributed by atoms with E-state index in [0.717, 1.165) is 12.0 Å². The molecule has 72 valence electrons. The summed E-state index contributed by atoms with van der Waals surface area (Å²) in [5.41, 5.74) is 0.739. The van der Waals surface area contributed by atoms with Crippen LogP contribution in [-0.2, 0) is 19.1 Å². The van der Waals surface area contributed by atoms with Crippen molar-refractivity contribution in [1.82, 2.24) is 0 Å². The van der Waals surface area contributed by atoms with Gasteiger partial charge >= 0.3 is 11.9 Å². The molecule has 4 nitrogen and oxygen atoms in total. The minimum absolute atomic E-state index is 0.435. The summed E-state index contributed by atoms with van der Waals surface area (Å²) in [5, 5.41) is 0. The monoisotopic (exact) mass is 184 g/mol. The van der Waals surface area contributed by atoms with E-state index in [1.807, 2.05) is 6.92 Å². The van der Waals surface area contributed by atoms with E-state index < -0.39 is 18.2 Å². The normalized spacial score (nSPS) is 20.9. The average molecular weight is 184 g/mol. The molecule has 1 atom stereocenters. The third-order valence-corrected chi connectivity index (χ3v) is 1.64. The van der Waals surface area contributed by atoms with Gasteiger partial charge in [0.05, 0.1) is 0 Å². The molecule has 0 bridgehead atoms. The van der Waals surface area contributed by atoms with Gasteiger partial charge in [0.2, 0.25) is 0 Å². The average Bonchev–Trinajstić information content (AvgIpc) is 2.31. The zero-order chi connectivity index (χ0) is 9.84. The predicted octanol–water partition coefficient (Wildman–Crippen LogP) is 1.16. The summed E-state index contributed by atoms with van der Waals surface area (Å²) < 4.78 is 9.56. The molecule has 0 aromatic carbocycles. The molecule has 0 N–H and O–H groups in total. The number of esters is 2. The van der Waals surface area contributed by atoms with Crippen molar-refractivity contribution in [3.05, 3.63) is 11.6 Å². The first-order valence-electron chi connectivity index (χ1n) is 4.21. The summed E-state index contributed by atoms with van der Waals surface area (Å²) in [6.07, 6.45) is 2.20. The van der Waals surface area contributed by atoms with Crippen molar-refractivity contribution >= 4 is 11.9 Å². The number of carbonyl (C=O) groups is 2. The third kappa shape index (κ3) is 2.57. The largest absolute Gasteiger partial charge is 0.421 e. The summed E-state index contributed by atoms with van der Waals surface area (Å²) in [4.78, 5) is 21.4. The second-order valence-electron chi connectivity index (χ2n) is 2.85. The molecule has 13 heavy (non-hydrogen) atoms. The second kappa shape index (κ2) is 4.07. The summed E-state index contributed by atoms with van der Waals surface area (Å²) in [7, 11) is 0. The van der Waals surface area contributed by atoms with E-state index >= 15 is 0 Å². The fraction of sp³-hybridized carbons (Fsp3) is 0.556. The molecule has 0 aliphatic carbocycles. The lowest BCUT2D eigenvalue weighted by Crippen LogP contribution is -2.19. The van der Waals surface area contributed by atoms with E-state index in [2.05, 4.69) is 0 Å². The highest BCUT2D eigenvalue weighted by Gasteiger charge is 2.27. The Morgan fingerprint density at radius 1 is 1.69 bits per heavy atom. The van der Waals surface area contributed by atoms with Crippen molar-refractivity contribution in [3.8, 4) is 0 Å². The number of hydrogen-bond donors (Lipinski definition) is 0. The van der Waals surface area contributed by atoms with E-state index in [4.69, 9.17) is 9.47 Å². The van der Waals surface area contributed by atoms with Crippen LogP contribution in [0.2, 0.25) is 0 Å². The molecule has 0 aromatic rings. The Hall–Kier alpha value is -1.32. The molecule has 1 aliphatic heterocycles. The van der Waals surface area contributed by atoms with Crippen molar-refractivity contribution in [3.63, 3.8) is 0 Å². The zero-order valence-electron chi connectivity index (χ0n) is 7.70. The number of cyclic esters (lactones) is 1. The van der Waals surface area contributed by atoms with Gasteiger partial charge in [0.1, 0.15) is 0 Å². The first-order chi connectivity index (χ1) is 6.13. The van der Waals surface area contributed by atoms with E-state index in [0.29, 0.717) is 6.42 Å². The number of carbonyl (C=O) groups excluding carboxylic acids is 2. The fourth-order valence-electron chi connectivity index (χ4n) is 1.16. The molecule has 1 unspecified atom stereocenters. The highest BCUT2D eigenvalue weighted by molar-refractivity contribution is 5.86. The third-order valence-electron chi connectivity index (χ3n) is 1.64. The van der Waals surface area contributed by atoms with E-state index in [-0.39, 0.29) is 0 Å². The molecule has 0 amide bonds. The maximum absolute atomic E-state index is 10.8. The van der Waals surface area contributed by atoms with Crippen LogP contribution in [0.1, 0.15) is 26.7 Å². The van der Waals surface area contributed by atoms with Crippen LogP contribution in [0.4, 0.5) is 0 Å². The Kier molecular flexibility index (Phi) is 3.06. The minimum atomic E-state index is -0.787. The van der Waals surface area contributed by atoms with Crippen molar-refractivity contribution in [2.24, 2.45) is 0 Å². The quantitative estimate of drug-likeness (QED) is 0.617. The standard InChI is InChI=1S/C9H12O4/c1-3-4-7-5-8(11)13-9(7)12-6(2)10/h5,9H,3-4H2,1-2H3. The maximum atomic E-state index is 10.8. The molecule has 1 aliphatic rings. The maximum Gasteiger partial charge on any atom is 0.334 e. The molecule has 0 aromatic heterocycles.